The number of rotatable bonds is 6. The Morgan fingerprint density at radius 3 is 2.74 bits per heavy atom. The average molecular weight is 381 g/mol. The molecule has 8 heteroatoms. The zero-order chi connectivity index (χ0) is 18.9. The molecule has 0 unspecified atom stereocenters. The van der Waals surface area contributed by atoms with Crippen LogP contribution in [0.5, 0.6) is 0 Å². The maximum atomic E-state index is 12.6. The van der Waals surface area contributed by atoms with Crippen molar-refractivity contribution in [2.24, 2.45) is 7.05 Å². The summed E-state index contributed by atoms with van der Waals surface area (Å²) in [6.07, 6.45) is 7.04. The van der Waals surface area contributed by atoms with E-state index in [4.69, 9.17) is 0 Å². The fourth-order valence-corrected chi connectivity index (χ4v) is 4.01. The van der Waals surface area contributed by atoms with Crippen molar-refractivity contribution in [2.75, 3.05) is 0 Å². The number of aryl methyl sites for hydroxylation is 1. The minimum Gasteiger partial charge on any atom is -0.334 e. The topological polar surface area (TPSA) is 81.8 Å². The first kappa shape index (κ1) is 17.4. The normalized spacial score (nSPS) is 11.9. The zero-order valence-electron chi connectivity index (χ0n) is 14.8. The molecule has 0 aliphatic heterocycles. The summed E-state index contributed by atoms with van der Waals surface area (Å²) >= 11 is 0. The molecule has 0 fully saturated rings. The van der Waals surface area contributed by atoms with Gasteiger partial charge in [0.25, 0.3) is 0 Å². The Hall–Kier alpha value is -2.97. The van der Waals surface area contributed by atoms with Gasteiger partial charge in [0, 0.05) is 32.5 Å². The zero-order valence-corrected chi connectivity index (χ0v) is 15.6. The molecule has 138 valence electrons. The van der Waals surface area contributed by atoms with Crippen molar-refractivity contribution in [1.29, 1.82) is 0 Å². The number of aromatic nitrogens is 4. The predicted octanol–water partition coefficient (Wildman–Crippen LogP) is 2.30. The van der Waals surface area contributed by atoms with Gasteiger partial charge in [-0.05, 0) is 29.3 Å². The summed E-state index contributed by atoms with van der Waals surface area (Å²) in [5.41, 5.74) is 3.53. The predicted molar refractivity (Wildman–Crippen MR) is 103 cm³/mol. The van der Waals surface area contributed by atoms with Crippen molar-refractivity contribution in [2.45, 2.75) is 18.0 Å². The third-order valence-electron chi connectivity index (χ3n) is 4.39. The fourth-order valence-electron chi connectivity index (χ4n) is 2.97. The lowest BCUT2D eigenvalue weighted by Crippen LogP contribution is -2.23. The van der Waals surface area contributed by atoms with Gasteiger partial charge in [-0.15, -0.1) is 0 Å². The molecule has 0 aliphatic carbocycles. The van der Waals surface area contributed by atoms with Crippen LogP contribution in [-0.4, -0.2) is 27.5 Å². The van der Waals surface area contributed by atoms with E-state index in [2.05, 4.69) is 14.7 Å². The Kier molecular flexibility index (Phi) is 4.51. The highest BCUT2D eigenvalue weighted by Crippen LogP contribution is 2.18. The first-order valence-corrected chi connectivity index (χ1v) is 9.94. The SMILES string of the molecule is Cn1cnc2cc(S(=O)(=O)NCc3cccc(Cn4ccnc4)c3)ccc21. The minimum absolute atomic E-state index is 0.211. The molecule has 4 rings (SSSR count). The summed E-state index contributed by atoms with van der Waals surface area (Å²) in [5, 5.41) is 0. The van der Waals surface area contributed by atoms with E-state index < -0.39 is 10.0 Å². The molecular formula is C19H19N5O2S. The number of hydrogen-bond acceptors (Lipinski definition) is 4. The van der Waals surface area contributed by atoms with Crippen molar-refractivity contribution < 1.29 is 8.42 Å². The largest absolute Gasteiger partial charge is 0.334 e. The molecule has 0 amide bonds. The molecule has 0 radical (unpaired) electrons. The van der Waals surface area contributed by atoms with Gasteiger partial charge in [-0.3, -0.25) is 0 Å². The van der Waals surface area contributed by atoms with E-state index in [1.54, 1.807) is 37.1 Å². The van der Waals surface area contributed by atoms with Crippen molar-refractivity contribution in [3.05, 3.63) is 78.6 Å². The van der Waals surface area contributed by atoms with Crippen LogP contribution in [0.25, 0.3) is 11.0 Å². The van der Waals surface area contributed by atoms with E-state index in [1.807, 2.05) is 46.6 Å². The van der Waals surface area contributed by atoms with E-state index in [0.717, 1.165) is 16.6 Å². The molecule has 2 aromatic heterocycles. The second kappa shape index (κ2) is 6.98. The van der Waals surface area contributed by atoms with Crippen LogP contribution in [-0.2, 0) is 30.2 Å². The summed E-state index contributed by atoms with van der Waals surface area (Å²) in [6, 6.07) is 12.8. The number of fused-ring (bicyclic) bond motifs is 1. The standard InChI is InChI=1S/C19H19N5O2S/c1-23-14-21-18-10-17(5-6-19(18)23)27(25,26)22-11-15-3-2-4-16(9-15)12-24-8-7-20-13-24/h2-10,13-14,22H,11-12H2,1H3. The third-order valence-corrected chi connectivity index (χ3v) is 5.79. The fraction of sp³-hybridized carbons (Fsp3) is 0.158. The van der Waals surface area contributed by atoms with Crippen molar-refractivity contribution in [3.63, 3.8) is 0 Å². The first-order valence-electron chi connectivity index (χ1n) is 8.45. The highest BCUT2D eigenvalue weighted by Gasteiger charge is 2.15. The van der Waals surface area contributed by atoms with E-state index in [1.165, 1.54) is 0 Å². The molecule has 0 bridgehead atoms. The van der Waals surface area contributed by atoms with Crippen LogP contribution in [0.15, 0.2) is 72.4 Å². The summed E-state index contributed by atoms with van der Waals surface area (Å²) in [7, 11) is -1.74. The average Bonchev–Trinajstić information content (AvgIpc) is 3.30. The molecule has 2 aromatic carbocycles. The van der Waals surface area contributed by atoms with Gasteiger partial charge in [0.2, 0.25) is 10.0 Å². The van der Waals surface area contributed by atoms with Gasteiger partial charge in [-0.1, -0.05) is 24.3 Å². The van der Waals surface area contributed by atoms with Crippen molar-refractivity contribution in [3.8, 4) is 0 Å². The second-order valence-corrected chi connectivity index (χ2v) is 8.15. The van der Waals surface area contributed by atoms with Crippen molar-refractivity contribution >= 4 is 21.1 Å². The summed E-state index contributed by atoms with van der Waals surface area (Å²) in [4.78, 5) is 8.46. The molecule has 0 aliphatic rings. The van der Waals surface area contributed by atoms with Crippen molar-refractivity contribution in [1.82, 2.24) is 23.8 Å². The Labute approximate surface area is 157 Å². The minimum atomic E-state index is -3.62. The van der Waals surface area contributed by atoms with Gasteiger partial charge in [0.1, 0.15) is 0 Å². The number of nitrogens with zero attached hydrogens (tertiary/aromatic N) is 4. The molecule has 1 N–H and O–H groups in total. The molecule has 2 heterocycles. The maximum Gasteiger partial charge on any atom is 0.240 e. The Morgan fingerprint density at radius 2 is 1.93 bits per heavy atom. The molecule has 0 spiro atoms. The lowest BCUT2D eigenvalue weighted by molar-refractivity contribution is 0.581. The van der Waals surface area contributed by atoms with Crippen LogP contribution < -0.4 is 4.72 Å². The van der Waals surface area contributed by atoms with Gasteiger partial charge < -0.3 is 9.13 Å². The van der Waals surface area contributed by atoms with E-state index in [9.17, 15) is 8.42 Å². The Balaban J connectivity index is 1.49. The molecular weight excluding hydrogens is 362 g/mol. The van der Waals surface area contributed by atoms with Crippen LogP contribution in [0, 0.1) is 0 Å². The summed E-state index contributed by atoms with van der Waals surface area (Å²) in [5.74, 6) is 0. The maximum absolute atomic E-state index is 12.6. The Morgan fingerprint density at radius 1 is 1.07 bits per heavy atom. The van der Waals surface area contributed by atoms with Crippen LogP contribution in [0.2, 0.25) is 0 Å². The van der Waals surface area contributed by atoms with E-state index in [0.29, 0.717) is 12.1 Å². The van der Waals surface area contributed by atoms with Crippen LogP contribution in [0.1, 0.15) is 11.1 Å². The van der Waals surface area contributed by atoms with Gasteiger partial charge in [0.05, 0.1) is 28.6 Å². The molecule has 0 saturated carbocycles. The Bertz CT molecular complexity index is 1180. The number of nitrogens with one attached hydrogen (secondary N) is 1. The smallest absolute Gasteiger partial charge is 0.240 e. The van der Waals surface area contributed by atoms with E-state index in [-0.39, 0.29) is 11.4 Å². The first-order chi connectivity index (χ1) is 13.0. The van der Waals surface area contributed by atoms with Gasteiger partial charge in [0.15, 0.2) is 0 Å². The molecule has 4 aromatic rings. The van der Waals surface area contributed by atoms with Gasteiger partial charge >= 0.3 is 0 Å². The third kappa shape index (κ3) is 3.76. The van der Waals surface area contributed by atoms with Gasteiger partial charge in [-0.25, -0.2) is 23.1 Å². The number of sulfonamides is 1. The molecule has 0 saturated heterocycles. The second-order valence-electron chi connectivity index (χ2n) is 6.39. The van der Waals surface area contributed by atoms with Crippen LogP contribution in [0.4, 0.5) is 0 Å². The van der Waals surface area contributed by atoms with Gasteiger partial charge in [-0.2, -0.15) is 0 Å². The van der Waals surface area contributed by atoms with Crippen LogP contribution >= 0.6 is 0 Å². The highest BCUT2D eigenvalue weighted by molar-refractivity contribution is 7.89. The molecule has 7 nitrogen and oxygen atoms in total. The number of benzene rings is 2. The number of hydrogen-bond donors (Lipinski definition) is 1. The van der Waals surface area contributed by atoms with E-state index >= 15 is 0 Å². The molecule has 27 heavy (non-hydrogen) atoms. The monoisotopic (exact) mass is 381 g/mol. The summed E-state index contributed by atoms with van der Waals surface area (Å²) in [6.45, 7) is 0.914. The summed E-state index contributed by atoms with van der Waals surface area (Å²) < 4.78 is 31.8. The lowest BCUT2D eigenvalue weighted by Gasteiger charge is -2.09. The molecule has 0 atom stereocenters. The highest BCUT2D eigenvalue weighted by atomic mass is 32.2. The van der Waals surface area contributed by atoms with Crippen LogP contribution in [0.3, 0.4) is 0 Å². The number of imidazole rings is 2. The lowest BCUT2D eigenvalue weighted by atomic mass is 10.1. The quantitative estimate of drug-likeness (QED) is 0.556.